The van der Waals surface area contributed by atoms with Gasteiger partial charge in [0.15, 0.2) is 0 Å². The van der Waals surface area contributed by atoms with E-state index in [0.717, 1.165) is 22.1 Å². The molecule has 5 heterocycles. The van der Waals surface area contributed by atoms with E-state index in [0.29, 0.717) is 11.4 Å². The molecule has 0 fully saturated rings. The standard InChI is InChI=1S/C20H13N4O2/c25-19-18-6-5-16(23-18)10-14-2-1-12(21-14)9-13-3-4-15(22-13)11-17-7-8-20(19,26)24-17/h1-11,21-22H/b13-9-,15-11-,16-10?. The van der Waals surface area contributed by atoms with Gasteiger partial charge in [-0.2, -0.15) is 5.11 Å². The second-order valence-corrected chi connectivity index (χ2v) is 6.32. The van der Waals surface area contributed by atoms with Crippen molar-refractivity contribution < 1.29 is 9.90 Å². The predicted octanol–water partition coefficient (Wildman–Crippen LogP) is 1.02. The van der Waals surface area contributed by atoms with E-state index >= 15 is 0 Å². The number of carbonyl (C=O) groups excluding carboxylic acids is 1. The molecule has 0 amide bonds. The lowest BCUT2D eigenvalue weighted by atomic mass is 10.1. The minimum Gasteiger partial charge on any atom is -0.355 e. The number of aromatic nitrogens is 2. The second kappa shape index (κ2) is 5.24. The molecule has 26 heavy (non-hydrogen) atoms. The third-order valence-electron chi connectivity index (χ3n) is 4.37. The van der Waals surface area contributed by atoms with E-state index in [1.165, 1.54) is 6.08 Å². The van der Waals surface area contributed by atoms with Crippen molar-refractivity contribution in [2.75, 3.05) is 0 Å². The quantitative estimate of drug-likeness (QED) is 0.736. The van der Waals surface area contributed by atoms with E-state index in [4.69, 9.17) is 0 Å². The predicted molar refractivity (Wildman–Crippen MR) is 98.4 cm³/mol. The van der Waals surface area contributed by atoms with Crippen LogP contribution in [-0.4, -0.2) is 32.9 Å². The van der Waals surface area contributed by atoms with Crippen molar-refractivity contribution >= 4 is 35.4 Å². The number of rotatable bonds is 0. The van der Waals surface area contributed by atoms with Crippen LogP contribution in [-0.2, 0) is 9.90 Å². The van der Waals surface area contributed by atoms with Crippen molar-refractivity contribution in [3.8, 4) is 0 Å². The number of ketones is 1. The Bertz CT molecular complexity index is 1220. The van der Waals surface area contributed by atoms with E-state index in [-0.39, 0.29) is 5.71 Å². The third kappa shape index (κ3) is 2.44. The number of Topliss-reactive ketones (excluding diaryl/α,β-unsaturated/α-hetero) is 1. The normalized spacial score (nSPS) is 25.9. The molecule has 0 spiro atoms. The zero-order valence-electron chi connectivity index (χ0n) is 13.6. The molecule has 3 aliphatic heterocycles. The average Bonchev–Trinajstić information content (AvgIpc) is 3.38. The molecule has 6 nitrogen and oxygen atoms in total. The Morgan fingerprint density at radius 3 is 2.46 bits per heavy atom. The molecular weight excluding hydrogens is 328 g/mol. The number of carbonyl (C=O) groups is 1. The van der Waals surface area contributed by atoms with Gasteiger partial charge >= 0.3 is 0 Å². The maximum Gasteiger partial charge on any atom is 0.277 e. The Hall–Kier alpha value is -3.51. The number of H-pyrrole nitrogens is 2. The summed E-state index contributed by atoms with van der Waals surface area (Å²) in [5.74, 6) is -0.656. The maximum absolute atomic E-state index is 12.8. The van der Waals surface area contributed by atoms with Gasteiger partial charge in [0.1, 0.15) is 5.71 Å². The highest BCUT2D eigenvalue weighted by Crippen LogP contribution is 2.23. The molecule has 0 saturated heterocycles. The lowest BCUT2D eigenvalue weighted by Gasteiger charge is -2.11. The van der Waals surface area contributed by atoms with Gasteiger partial charge in [-0.1, -0.05) is 0 Å². The summed E-state index contributed by atoms with van der Waals surface area (Å²) in [5, 5.41) is 14.5. The molecular formula is C20H13N4O2. The van der Waals surface area contributed by atoms with E-state index in [1.807, 2.05) is 36.4 Å². The van der Waals surface area contributed by atoms with Crippen molar-refractivity contribution in [2.45, 2.75) is 5.72 Å². The van der Waals surface area contributed by atoms with Gasteiger partial charge in [0.05, 0.1) is 11.4 Å². The van der Waals surface area contributed by atoms with Crippen LogP contribution in [0.5, 0.6) is 0 Å². The Morgan fingerprint density at radius 1 is 0.846 bits per heavy atom. The van der Waals surface area contributed by atoms with Crippen molar-refractivity contribution in [2.24, 2.45) is 9.98 Å². The number of aromatic amines is 2. The van der Waals surface area contributed by atoms with Crippen LogP contribution in [0.4, 0.5) is 0 Å². The fourth-order valence-corrected chi connectivity index (χ4v) is 3.12. The van der Waals surface area contributed by atoms with E-state index < -0.39 is 11.5 Å². The number of aliphatic imine (C=N–C) groups is 2. The zero-order valence-corrected chi connectivity index (χ0v) is 13.6. The van der Waals surface area contributed by atoms with Crippen LogP contribution in [0.25, 0.3) is 18.2 Å². The fraction of sp³-hybridized carbons (Fsp3) is 0.0500. The second-order valence-electron chi connectivity index (χ2n) is 6.32. The average molecular weight is 341 g/mol. The SMILES string of the molecule is [O]C12C=CC(=N1)/C=c1/cc/c([nH]1)=C/c1ccc([nH]1)C=C1C=CC(=N1)C2=O. The summed E-state index contributed by atoms with van der Waals surface area (Å²) in [6, 6.07) is 7.73. The molecule has 0 aliphatic carbocycles. The first-order chi connectivity index (χ1) is 12.6. The first-order valence-corrected chi connectivity index (χ1v) is 8.18. The molecule has 1 atom stereocenters. The molecule has 0 saturated carbocycles. The van der Waals surface area contributed by atoms with Gasteiger partial charge in [0.25, 0.3) is 5.72 Å². The van der Waals surface area contributed by atoms with Gasteiger partial charge in [-0.3, -0.25) is 4.79 Å². The van der Waals surface area contributed by atoms with Gasteiger partial charge in [-0.15, -0.1) is 0 Å². The number of nitrogens with one attached hydrogen (secondary N) is 2. The Kier molecular flexibility index (Phi) is 2.98. The highest BCUT2D eigenvalue weighted by atomic mass is 16.3. The summed E-state index contributed by atoms with van der Waals surface area (Å²) in [7, 11) is 0. The summed E-state index contributed by atoms with van der Waals surface area (Å²) in [6.07, 6.45) is 11.7. The Balaban J connectivity index is 1.73. The minimum absolute atomic E-state index is 0.119. The van der Waals surface area contributed by atoms with Crippen molar-refractivity contribution in [3.05, 3.63) is 76.4 Å². The van der Waals surface area contributed by atoms with Crippen LogP contribution >= 0.6 is 0 Å². The van der Waals surface area contributed by atoms with Crippen LogP contribution in [0.1, 0.15) is 11.4 Å². The molecule has 6 heteroatoms. The monoisotopic (exact) mass is 341 g/mol. The van der Waals surface area contributed by atoms with Gasteiger partial charge in [-0.05, 0) is 66.8 Å². The van der Waals surface area contributed by atoms with E-state index in [1.54, 1.807) is 24.3 Å². The fourth-order valence-electron chi connectivity index (χ4n) is 3.12. The van der Waals surface area contributed by atoms with Crippen LogP contribution in [0, 0.1) is 0 Å². The van der Waals surface area contributed by atoms with Crippen LogP contribution < -0.4 is 10.7 Å². The number of fused-ring (bicyclic) bond motifs is 6. The summed E-state index contributed by atoms with van der Waals surface area (Å²) < 4.78 is 0. The molecule has 5 rings (SSSR count). The van der Waals surface area contributed by atoms with E-state index in [2.05, 4.69) is 20.0 Å². The van der Waals surface area contributed by atoms with Crippen LogP contribution in [0.3, 0.4) is 0 Å². The maximum atomic E-state index is 12.8. The van der Waals surface area contributed by atoms with Gasteiger partial charge in [0, 0.05) is 22.1 Å². The van der Waals surface area contributed by atoms with Gasteiger partial charge in [0.2, 0.25) is 5.78 Å². The molecule has 3 aliphatic rings. The first kappa shape index (κ1) is 14.8. The summed E-state index contributed by atoms with van der Waals surface area (Å²) >= 11 is 0. The molecule has 1 radical (unpaired) electrons. The number of allylic oxidation sites excluding steroid dienone is 3. The van der Waals surface area contributed by atoms with Gasteiger partial charge < -0.3 is 9.97 Å². The van der Waals surface area contributed by atoms with Crippen LogP contribution in [0.15, 0.2) is 64.3 Å². The lowest BCUT2D eigenvalue weighted by Crippen LogP contribution is -2.36. The first-order valence-electron chi connectivity index (χ1n) is 8.18. The minimum atomic E-state index is -2.16. The van der Waals surface area contributed by atoms with E-state index in [9.17, 15) is 9.90 Å². The molecule has 2 N–H and O–H groups in total. The number of nitrogens with zero attached hydrogens (tertiary/aromatic N) is 2. The van der Waals surface area contributed by atoms with Gasteiger partial charge in [-0.25, -0.2) is 9.98 Å². The number of hydrogen-bond acceptors (Lipinski definition) is 3. The van der Waals surface area contributed by atoms with Crippen molar-refractivity contribution in [3.63, 3.8) is 0 Å². The largest absolute Gasteiger partial charge is 0.355 e. The van der Waals surface area contributed by atoms with Crippen molar-refractivity contribution in [1.82, 2.24) is 9.97 Å². The Labute approximate surface area is 148 Å². The molecule has 8 bridgehead atoms. The van der Waals surface area contributed by atoms with Crippen molar-refractivity contribution in [1.29, 1.82) is 0 Å². The third-order valence-corrected chi connectivity index (χ3v) is 4.37. The zero-order chi connectivity index (χ0) is 17.7. The molecule has 2 aromatic rings. The Morgan fingerprint density at radius 2 is 1.62 bits per heavy atom. The molecule has 2 aromatic heterocycles. The van der Waals surface area contributed by atoms with Crippen LogP contribution in [0.2, 0.25) is 0 Å². The highest BCUT2D eigenvalue weighted by Gasteiger charge is 2.40. The molecule has 0 aromatic carbocycles. The smallest absolute Gasteiger partial charge is 0.277 e. The lowest BCUT2D eigenvalue weighted by molar-refractivity contribution is -0.129. The topological polar surface area (TPSA) is 93.3 Å². The molecule has 1 unspecified atom stereocenters. The highest BCUT2D eigenvalue weighted by molar-refractivity contribution is 6.48. The number of hydrogen-bond donors (Lipinski definition) is 2. The molecule has 125 valence electrons. The summed E-state index contributed by atoms with van der Waals surface area (Å²) in [4.78, 5) is 27.5. The summed E-state index contributed by atoms with van der Waals surface area (Å²) in [5.41, 5.74) is 0.816. The summed E-state index contributed by atoms with van der Waals surface area (Å²) in [6.45, 7) is 0.